The van der Waals surface area contributed by atoms with E-state index in [0.717, 1.165) is 10.9 Å². The van der Waals surface area contributed by atoms with Crippen molar-refractivity contribution >= 4 is 21.8 Å². The van der Waals surface area contributed by atoms with Gasteiger partial charge in [0.2, 0.25) is 5.91 Å². The normalized spacial score (nSPS) is 12.3. The molecule has 1 aromatic rings. The summed E-state index contributed by atoms with van der Waals surface area (Å²) in [7, 11) is 3.53. The molecule has 1 aromatic carbocycles. The van der Waals surface area contributed by atoms with Crippen LogP contribution in [0.15, 0.2) is 22.7 Å². The standard InChI is InChI=1S/C14H20BrFN2O/c1-4-10(8-17-2)14(19)18(3)9-11-7-12(15)5-6-13(11)16/h5-7,10,17H,4,8-9H2,1-3H3. The Kier molecular flexibility index (Phi) is 6.45. The van der Waals surface area contributed by atoms with Crippen LogP contribution in [0.2, 0.25) is 0 Å². The van der Waals surface area contributed by atoms with Gasteiger partial charge in [0.1, 0.15) is 5.82 Å². The van der Waals surface area contributed by atoms with Gasteiger partial charge in [-0.15, -0.1) is 0 Å². The molecule has 0 fully saturated rings. The van der Waals surface area contributed by atoms with Crippen LogP contribution in [-0.2, 0) is 11.3 Å². The Hall–Kier alpha value is -0.940. The summed E-state index contributed by atoms with van der Waals surface area (Å²) in [4.78, 5) is 13.8. The second kappa shape index (κ2) is 7.60. The van der Waals surface area contributed by atoms with E-state index in [1.165, 1.54) is 6.07 Å². The topological polar surface area (TPSA) is 32.3 Å². The van der Waals surface area contributed by atoms with Gasteiger partial charge >= 0.3 is 0 Å². The highest BCUT2D eigenvalue weighted by molar-refractivity contribution is 9.10. The van der Waals surface area contributed by atoms with E-state index in [1.807, 2.05) is 14.0 Å². The number of nitrogens with one attached hydrogen (secondary N) is 1. The highest BCUT2D eigenvalue weighted by atomic mass is 79.9. The smallest absolute Gasteiger partial charge is 0.226 e. The Morgan fingerprint density at radius 3 is 2.79 bits per heavy atom. The summed E-state index contributed by atoms with van der Waals surface area (Å²) in [6, 6.07) is 4.76. The van der Waals surface area contributed by atoms with Gasteiger partial charge < -0.3 is 10.2 Å². The number of carbonyl (C=O) groups excluding carboxylic acids is 1. The van der Waals surface area contributed by atoms with Gasteiger partial charge in [0.25, 0.3) is 0 Å². The third-order valence-corrected chi connectivity index (χ3v) is 3.58. The van der Waals surface area contributed by atoms with E-state index in [9.17, 15) is 9.18 Å². The summed E-state index contributed by atoms with van der Waals surface area (Å²) in [6.45, 7) is 2.90. The Bertz CT molecular complexity index is 439. The SMILES string of the molecule is CCC(CNC)C(=O)N(C)Cc1cc(Br)ccc1F. The van der Waals surface area contributed by atoms with Gasteiger partial charge in [0.05, 0.1) is 5.92 Å². The fourth-order valence-corrected chi connectivity index (χ4v) is 2.37. The lowest BCUT2D eigenvalue weighted by Crippen LogP contribution is -2.37. The first-order chi connectivity index (χ1) is 8.99. The van der Waals surface area contributed by atoms with E-state index < -0.39 is 0 Å². The predicted octanol–water partition coefficient (Wildman–Crippen LogP) is 2.79. The van der Waals surface area contributed by atoms with Crippen LogP contribution in [0.3, 0.4) is 0 Å². The minimum absolute atomic E-state index is 0.0382. The van der Waals surface area contributed by atoms with Crippen molar-refractivity contribution in [3.8, 4) is 0 Å². The first-order valence-electron chi connectivity index (χ1n) is 6.33. The van der Waals surface area contributed by atoms with Gasteiger partial charge in [-0.3, -0.25) is 4.79 Å². The van der Waals surface area contributed by atoms with Gasteiger partial charge in [-0.2, -0.15) is 0 Å². The molecule has 5 heteroatoms. The van der Waals surface area contributed by atoms with E-state index in [-0.39, 0.29) is 24.2 Å². The second-order valence-electron chi connectivity index (χ2n) is 4.59. The van der Waals surface area contributed by atoms with Crippen molar-refractivity contribution in [3.63, 3.8) is 0 Å². The fraction of sp³-hybridized carbons (Fsp3) is 0.500. The molecule has 0 heterocycles. The molecule has 1 amide bonds. The van der Waals surface area contributed by atoms with Crippen LogP contribution in [-0.4, -0.2) is 31.4 Å². The average Bonchev–Trinajstić information content (AvgIpc) is 2.39. The maximum absolute atomic E-state index is 13.7. The minimum atomic E-state index is -0.287. The van der Waals surface area contributed by atoms with Gasteiger partial charge in [0.15, 0.2) is 0 Å². The zero-order chi connectivity index (χ0) is 14.4. The summed E-state index contributed by atoms with van der Waals surface area (Å²) >= 11 is 3.31. The summed E-state index contributed by atoms with van der Waals surface area (Å²) in [5.74, 6) is -0.314. The van der Waals surface area contributed by atoms with Crippen molar-refractivity contribution in [2.75, 3.05) is 20.6 Å². The van der Waals surface area contributed by atoms with E-state index in [4.69, 9.17) is 0 Å². The van der Waals surface area contributed by atoms with Gasteiger partial charge in [-0.1, -0.05) is 22.9 Å². The lowest BCUT2D eigenvalue weighted by molar-refractivity contribution is -0.134. The van der Waals surface area contributed by atoms with Crippen molar-refractivity contribution in [2.24, 2.45) is 5.92 Å². The molecule has 19 heavy (non-hydrogen) atoms. The number of benzene rings is 1. The van der Waals surface area contributed by atoms with Crippen LogP contribution >= 0.6 is 15.9 Å². The molecule has 0 saturated carbocycles. The quantitative estimate of drug-likeness (QED) is 0.869. The third kappa shape index (κ3) is 4.58. The molecule has 1 N–H and O–H groups in total. The first kappa shape index (κ1) is 16.1. The van der Waals surface area contributed by atoms with Crippen LogP contribution in [0.5, 0.6) is 0 Å². The molecule has 1 atom stereocenters. The van der Waals surface area contributed by atoms with E-state index in [2.05, 4.69) is 21.2 Å². The first-order valence-corrected chi connectivity index (χ1v) is 7.12. The molecule has 0 aliphatic carbocycles. The van der Waals surface area contributed by atoms with Gasteiger partial charge in [0, 0.05) is 30.2 Å². The molecule has 0 radical (unpaired) electrons. The molecule has 0 aliphatic rings. The molecular weight excluding hydrogens is 311 g/mol. The number of hydrogen-bond donors (Lipinski definition) is 1. The molecule has 0 spiro atoms. The van der Waals surface area contributed by atoms with Crippen LogP contribution in [0.25, 0.3) is 0 Å². The monoisotopic (exact) mass is 330 g/mol. The molecule has 0 aliphatic heterocycles. The second-order valence-corrected chi connectivity index (χ2v) is 5.51. The van der Waals surface area contributed by atoms with Gasteiger partial charge in [-0.25, -0.2) is 4.39 Å². The van der Waals surface area contributed by atoms with Crippen LogP contribution in [0.1, 0.15) is 18.9 Å². The van der Waals surface area contributed by atoms with Crippen LogP contribution in [0.4, 0.5) is 4.39 Å². The molecule has 0 bridgehead atoms. The average molecular weight is 331 g/mol. The molecule has 0 aromatic heterocycles. The number of halogens is 2. The highest BCUT2D eigenvalue weighted by Crippen LogP contribution is 2.18. The highest BCUT2D eigenvalue weighted by Gasteiger charge is 2.20. The maximum atomic E-state index is 13.7. The third-order valence-electron chi connectivity index (χ3n) is 3.08. The lowest BCUT2D eigenvalue weighted by atomic mass is 10.0. The largest absolute Gasteiger partial charge is 0.341 e. The van der Waals surface area contributed by atoms with Crippen molar-refractivity contribution < 1.29 is 9.18 Å². The number of hydrogen-bond acceptors (Lipinski definition) is 2. The van der Waals surface area contributed by atoms with E-state index >= 15 is 0 Å². The van der Waals surface area contributed by atoms with E-state index in [0.29, 0.717) is 12.1 Å². The Morgan fingerprint density at radius 1 is 1.53 bits per heavy atom. The zero-order valence-electron chi connectivity index (χ0n) is 11.5. The molecule has 0 saturated heterocycles. The van der Waals surface area contributed by atoms with Crippen molar-refractivity contribution in [1.29, 1.82) is 0 Å². The summed E-state index contributed by atoms with van der Waals surface area (Å²) in [6.07, 6.45) is 0.769. The number of carbonyl (C=O) groups is 1. The van der Waals surface area contributed by atoms with Gasteiger partial charge in [-0.05, 0) is 31.7 Å². The number of amides is 1. The summed E-state index contributed by atoms with van der Waals surface area (Å²) < 4.78 is 14.5. The molecular formula is C14H20BrFN2O. The van der Waals surface area contributed by atoms with Crippen molar-refractivity contribution in [1.82, 2.24) is 10.2 Å². The molecule has 3 nitrogen and oxygen atoms in total. The lowest BCUT2D eigenvalue weighted by Gasteiger charge is -2.23. The number of rotatable bonds is 6. The summed E-state index contributed by atoms with van der Waals surface area (Å²) in [5.41, 5.74) is 0.518. The molecule has 1 unspecified atom stereocenters. The minimum Gasteiger partial charge on any atom is -0.341 e. The van der Waals surface area contributed by atoms with Crippen molar-refractivity contribution in [3.05, 3.63) is 34.1 Å². The number of nitrogens with zero attached hydrogens (tertiary/aromatic N) is 1. The maximum Gasteiger partial charge on any atom is 0.226 e. The fourth-order valence-electron chi connectivity index (χ4n) is 1.96. The van der Waals surface area contributed by atoms with Crippen LogP contribution in [0, 0.1) is 11.7 Å². The Balaban J connectivity index is 2.75. The van der Waals surface area contributed by atoms with Crippen LogP contribution < -0.4 is 5.32 Å². The van der Waals surface area contributed by atoms with E-state index in [1.54, 1.807) is 24.1 Å². The Morgan fingerprint density at radius 2 is 2.21 bits per heavy atom. The predicted molar refractivity (Wildman–Crippen MR) is 78.3 cm³/mol. The van der Waals surface area contributed by atoms with Crippen molar-refractivity contribution in [2.45, 2.75) is 19.9 Å². The zero-order valence-corrected chi connectivity index (χ0v) is 13.1. The molecule has 106 valence electrons. The summed E-state index contributed by atoms with van der Waals surface area (Å²) in [5, 5.41) is 3.01. The Labute approximate surface area is 122 Å². The molecule has 1 rings (SSSR count).